The largest absolute Gasteiger partial charge is 0.481 e. The fourth-order valence-electron chi connectivity index (χ4n) is 3.90. The highest BCUT2D eigenvalue weighted by molar-refractivity contribution is 5.86. The average molecular weight is 456 g/mol. The first-order chi connectivity index (χ1) is 15.8. The van der Waals surface area contributed by atoms with Crippen LogP contribution in [0.15, 0.2) is 48.5 Å². The second-order valence-corrected chi connectivity index (χ2v) is 7.89. The Labute approximate surface area is 191 Å². The van der Waals surface area contributed by atoms with Gasteiger partial charge in [0.1, 0.15) is 12.6 Å². The molecule has 2 aromatic rings. The third kappa shape index (κ3) is 5.88. The van der Waals surface area contributed by atoms with E-state index in [1.54, 1.807) is 6.92 Å². The summed E-state index contributed by atoms with van der Waals surface area (Å²) in [5.74, 6) is -1.93. The Morgan fingerprint density at radius 2 is 1.61 bits per heavy atom. The molecule has 0 aliphatic heterocycles. The SMILES string of the molecule is CO[C@H](C)[C@H](NC(=O)OCC1c2ccccc2-c2ccccc21)C(=O)NCC(O)CC(=O)O. The van der Waals surface area contributed by atoms with Crippen LogP contribution in [-0.2, 0) is 19.1 Å². The van der Waals surface area contributed by atoms with Gasteiger partial charge in [0.15, 0.2) is 0 Å². The number of carboxylic acid groups (broad SMARTS) is 1. The van der Waals surface area contributed by atoms with Gasteiger partial charge in [0, 0.05) is 19.6 Å². The summed E-state index contributed by atoms with van der Waals surface area (Å²) < 4.78 is 10.7. The summed E-state index contributed by atoms with van der Waals surface area (Å²) in [6.45, 7) is 1.42. The molecule has 0 saturated heterocycles. The predicted molar refractivity (Wildman–Crippen MR) is 120 cm³/mol. The van der Waals surface area contributed by atoms with Crippen molar-refractivity contribution in [2.24, 2.45) is 0 Å². The van der Waals surface area contributed by atoms with Crippen molar-refractivity contribution in [3.63, 3.8) is 0 Å². The number of aliphatic hydroxyl groups is 1. The monoisotopic (exact) mass is 456 g/mol. The molecule has 9 heteroatoms. The lowest BCUT2D eigenvalue weighted by molar-refractivity contribution is -0.139. The van der Waals surface area contributed by atoms with Gasteiger partial charge in [0.25, 0.3) is 0 Å². The molecular weight excluding hydrogens is 428 g/mol. The third-order valence-corrected chi connectivity index (χ3v) is 5.66. The summed E-state index contributed by atoms with van der Waals surface area (Å²) in [5.41, 5.74) is 4.34. The van der Waals surface area contributed by atoms with Crippen molar-refractivity contribution in [1.29, 1.82) is 0 Å². The van der Waals surface area contributed by atoms with Gasteiger partial charge in [-0.3, -0.25) is 9.59 Å². The first-order valence-electron chi connectivity index (χ1n) is 10.6. The number of aliphatic hydroxyl groups excluding tert-OH is 1. The van der Waals surface area contributed by atoms with E-state index in [1.165, 1.54) is 7.11 Å². The fraction of sp³-hybridized carbons (Fsp3) is 0.375. The zero-order valence-corrected chi connectivity index (χ0v) is 18.5. The van der Waals surface area contributed by atoms with Gasteiger partial charge in [-0.25, -0.2) is 4.79 Å². The molecule has 9 nitrogen and oxygen atoms in total. The molecule has 1 aliphatic carbocycles. The zero-order chi connectivity index (χ0) is 24.0. The number of fused-ring (bicyclic) bond motifs is 3. The van der Waals surface area contributed by atoms with E-state index in [9.17, 15) is 19.5 Å². The number of benzene rings is 2. The van der Waals surface area contributed by atoms with Crippen molar-refractivity contribution in [3.8, 4) is 11.1 Å². The number of carbonyl (C=O) groups is 3. The van der Waals surface area contributed by atoms with Crippen molar-refractivity contribution in [2.75, 3.05) is 20.3 Å². The second-order valence-electron chi connectivity index (χ2n) is 7.89. The van der Waals surface area contributed by atoms with Crippen LogP contribution < -0.4 is 10.6 Å². The predicted octanol–water partition coefficient (Wildman–Crippen LogP) is 1.88. The summed E-state index contributed by atoms with van der Waals surface area (Å²) >= 11 is 0. The first-order valence-corrected chi connectivity index (χ1v) is 10.6. The van der Waals surface area contributed by atoms with Gasteiger partial charge in [0.05, 0.1) is 18.6 Å². The molecule has 0 heterocycles. The minimum Gasteiger partial charge on any atom is -0.481 e. The number of carboxylic acids is 1. The summed E-state index contributed by atoms with van der Waals surface area (Å²) in [6.07, 6.45) is -3.24. The normalized spacial score (nSPS) is 15.0. The molecule has 2 aromatic carbocycles. The van der Waals surface area contributed by atoms with E-state index in [-0.39, 0.29) is 19.1 Å². The third-order valence-electron chi connectivity index (χ3n) is 5.66. The van der Waals surface area contributed by atoms with E-state index in [0.29, 0.717) is 0 Å². The van der Waals surface area contributed by atoms with Crippen LogP contribution in [0.2, 0.25) is 0 Å². The van der Waals surface area contributed by atoms with Gasteiger partial charge in [-0.05, 0) is 29.2 Å². The van der Waals surface area contributed by atoms with Gasteiger partial charge in [-0.2, -0.15) is 0 Å². The highest BCUT2D eigenvalue weighted by Crippen LogP contribution is 2.44. The number of hydrogen-bond donors (Lipinski definition) is 4. The van der Waals surface area contributed by atoms with Gasteiger partial charge >= 0.3 is 12.1 Å². The van der Waals surface area contributed by atoms with E-state index in [0.717, 1.165) is 22.3 Å². The number of methoxy groups -OCH3 is 1. The van der Waals surface area contributed by atoms with Crippen molar-refractivity contribution in [3.05, 3.63) is 59.7 Å². The van der Waals surface area contributed by atoms with Gasteiger partial charge in [0.2, 0.25) is 5.91 Å². The summed E-state index contributed by atoms with van der Waals surface area (Å²) in [5, 5.41) is 23.3. The molecule has 3 rings (SSSR count). The molecule has 0 spiro atoms. The zero-order valence-electron chi connectivity index (χ0n) is 18.5. The van der Waals surface area contributed by atoms with Crippen LogP contribution in [0.25, 0.3) is 11.1 Å². The number of nitrogens with one attached hydrogen (secondary N) is 2. The molecule has 1 unspecified atom stereocenters. The molecular formula is C24H28N2O7. The van der Waals surface area contributed by atoms with Crippen molar-refractivity contribution < 1.29 is 34.1 Å². The number of carbonyl (C=O) groups excluding carboxylic acids is 2. The van der Waals surface area contributed by atoms with Crippen LogP contribution in [0.4, 0.5) is 4.79 Å². The van der Waals surface area contributed by atoms with Crippen LogP contribution in [0.5, 0.6) is 0 Å². The lowest BCUT2D eigenvalue weighted by atomic mass is 9.98. The number of hydrogen-bond acceptors (Lipinski definition) is 6. The molecule has 0 radical (unpaired) electrons. The van der Waals surface area contributed by atoms with Crippen LogP contribution in [0.1, 0.15) is 30.4 Å². The van der Waals surface area contributed by atoms with Crippen LogP contribution in [0.3, 0.4) is 0 Å². The van der Waals surface area contributed by atoms with Crippen molar-refractivity contribution in [1.82, 2.24) is 10.6 Å². The smallest absolute Gasteiger partial charge is 0.407 e. The Bertz CT molecular complexity index is 964. The molecule has 0 bridgehead atoms. The van der Waals surface area contributed by atoms with E-state index < -0.39 is 42.6 Å². The summed E-state index contributed by atoms with van der Waals surface area (Å²) in [4.78, 5) is 35.7. The van der Waals surface area contributed by atoms with Gasteiger partial charge < -0.3 is 30.3 Å². The van der Waals surface area contributed by atoms with Crippen molar-refractivity contribution in [2.45, 2.75) is 37.5 Å². The Balaban J connectivity index is 1.62. The minimum absolute atomic E-state index is 0.0902. The van der Waals surface area contributed by atoms with Crippen LogP contribution in [-0.4, -0.2) is 66.7 Å². The lowest BCUT2D eigenvalue weighted by Gasteiger charge is -2.24. The summed E-state index contributed by atoms with van der Waals surface area (Å²) in [7, 11) is 1.39. The highest BCUT2D eigenvalue weighted by Gasteiger charge is 2.31. The number of alkyl carbamates (subject to hydrolysis) is 1. The standard InChI is InChI=1S/C24H28N2O7/c1-14(32-2)22(23(30)25-12-15(27)11-21(28)29)26-24(31)33-13-20-18-9-5-3-7-16(18)17-8-4-6-10-19(17)20/h3-10,14-15,20,22,27H,11-13H2,1-2H3,(H,25,30)(H,26,31)(H,28,29)/t14-,15?,22+/m1/s1. The van der Waals surface area contributed by atoms with E-state index >= 15 is 0 Å². The van der Waals surface area contributed by atoms with Crippen LogP contribution >= 0.6 is 0 Å². The number of ether oxygens (including phenoxy) is 2. The maximum atomic E-state index is 12.5. The topological polar surface area (TPSA) is 134 Å². The molecule has 33 heavy (non-hydrogen) atoms. The van der Waals surface area contributed by atoms with Gasteiger partial charge in [-0.15, -0.1) is 0 Å². The van der Waals surface area contributed by atoms with E-state index in [1.807, 2.05) is 48.5 Å². The first kappa shape index (κ1) is 24.2. The molecule has 4 N–H and O–H groups in total. The van der Waals surface area contributed by atoms with Crippen molar-refractivity contribution >= 4 is 18.0 Å². The Hall–Kier alpha value is -3.43. The molecule has 3 atom stereocenters. The molecule has 0 fully saturated rings. The van der Waals surface area contributed by atoms with E-state index in [2.05, 4.69) is 10.6 Å². The maximum absolute atomic E-state index is 12.5. The Morgan fingerprint density at radius 1 is 1.03 bits per heavy atom. The minimum atomic E-state index is -1.25. The lowest BCUT2D eigenvalue weighted by Crippen LogP contribution is -2.54. The fourth-order valence-corrected chi connectivity index (χ4v) is 3.90. The number of amides is 2. The van der Waals surface area contributed by atoms with Crippen LogP contribution in [0, 0.1) is 0 Å². The van der Waals surface area contributed by atoms with E-state index in [4.69, 9.17) is 14.6 Å². The quantitative estimate of drug-likeness (QED) is 0.429. The Morgan fingerprint density at radius 3 is 2.15 bits per heavy atom. The van der Waals surface area contributed by atoms with Gasteiger partial charge in [-0.1, -0.05) is 48.5 Å². The summed E-state index contributed by atoms with van der Waals surface area (Å²) in [6, 6.07) is 14.8. The average Bonchev–Trinajstić information content (AvgIpc) is 3.12. The molecule has 2 amide bonds. The molecule has 176 valence electrons. The second kappa shape index (κ2) is 10.9. The maximum Gasteiger partial charge on any atom is 0.407 e. The Kier molecular flexibility index (Phi) is 8.02. The number of rotatable bonds is 10. The molecule has 0 aromatic heterocycles. The molecule has 1 aliphatic rings. The molecule has 0 saturated carbocycles. The highest BCUT2D eigenvalue weighted by atomic mass is 16.5. The number of aliphatic carboxylic acids is 1.